The molecule has 0 heterocycles. The van der Waals surface area contributed by atoms with Crippen LogP contribution < -0.4 is 0 Å². The van der Waals surface area contributed by atoms with E-state index in [0.717, 1.165) is 64.2 Å². The third-order valence-electron chi connectivity index (χ3n) is 14.0. The molecule has 5 saturated carbocycles. The van der Waals surface area contributed by atoms with Gasteiger partial charge in [-0.05, 0) is 109 Å². The van der Waals surface area contributed by atoms with E-state index in [1.165, 1.54) is 0 Å². The summed E-state index contributed by atoms with van der Waals surface area (Å²) in [5.41, 5.74) is -0.418. The number of ketones is 1. The van der Waals surface area contributed by atoms with E-state index in [2.05, 4.69) is 41.5 Å². The van der Waals surface area contributed by atoms with Crippen LogP contribution in [0.15, 0.2) is 0 Å². The van der Waals surface area contributed by atoms with Gasteiger partial charge in [0.05, 0.1) is 5.41 Å². The largest absolute Gasteiger partial charge is 0.481 e. The van der Waals surface area contributed by atoms with Gasteiger partial charge in [-0.1, -0.05) is 41.5 Å². The molecule has 4 heteroatoms. The molecule has 2 N–H and O–H groups in total. The first-order valence-corrected chi connectivity index (χ1v) is 14.1. The summed E-state index contributed by atoms with van der Waals surface area (Å²) in [7, 11) is 0. The SMILES string of the molecule is C[C@H]1C(=O)CC[C@@H]2[C@]1(C)CC[C@H]1[C@@]2(C)CC[C@@]2(C)[C@@H]3C[C@](C)(CO)CC[C@]3(C(=O)O)CC[C@]12C. The van der Waals surface area contributed by atoms with Gasteiger partial charge in [0.1, 0.15) is 5.78 Å². The first-order chi connectivity index (χ1) is 15.7. The first kappa shape index (κ1) is 24.8. The van der Waals surface area contributed by atoms with Crippen molar-refractivity contribution in [1.82, 2.24) is 0 Å². The van der Waals surface area contributed by atoms with E-state index in [4.69, 9.17) is 0 Å². The molecule has 0 aromatic rings. The number of carbonyl (C=O) groups excluding carboxylic acids is 1. The number of fused-ring (bicyclic) bond motifs is 7. The molecule has 0 aromatic heterocycles. The smallest absolute Gasteiger partial charge is 0.309 e. The van der Waals surface area contributed by atoms with Crippen LogP contribution in [0.3, 0.4) is 0 Å². The van der Waals surface area contributed by atoms with E-state index in [-0.39, 0.29) is 45.5 Å². The number of hydrogen-bond donors (Lipinski definition) is 2. The molecule has 5 fully saturated rings. The molecule has 0 amide bonds. The highest BCUT2D eigenvalue weighted by molar-refractivity contribution is 5.82. The van der Waals surface area contributed by atoms with E-state index in [1.54, 1.807) is 0 Å². The van der Waals surface area contributed by atoms with Gasteiger partial charge in [-0.15, -0.1) is 0 Å². The molecule has 0 aromatic carbocycles. The van der Waals surface area contributed by atoms with Crippen LogP contribution in [-0.2, 0) is 9.59 Å². The summed E-state index contributed by atoms with van der Waals surface area (Å²) >= 11 is 0. The van der Waals surface area contributed by atoms with Crippen LogP contribution in [0.4, 0.5) is 0 Å². The normalized spacial score (nSPS) is 57.1. The molecule has 0 saturated heterocycles. The van der Waals surface area contributed by atoms with E-state index in [1.807, 2.05) is 0 Å². The van der Waals surface area contributed by atoms with Crippen LogP contribution >= 0.6 is 0 Å². The van der Waals surface area contributed by atoms with Crippen molar-refractivity contribution in [3.63, 3.8) is 0 Å². The highest BCUT2D eigenvalue weighted by Gasteiger charge is 2.72. The number of aliphatic hydroxyl groups excluding tert-OH is 1. The predicted octanol–water partition coefficient (Wildman–Crippen LogP) is 6.49. The Morgan fingerprint density at radius 3 is 2.09 bits per heavy atom. The number of aliphatic hydroxyl groups is 1. The van der Waals surface area contributed by atoms with Crippen molar-refractivity contribution in [3.8, 4) is 0 Å². The molecule has 0 bridgehead atoms. The van der Waals surface area contributed by atoms with Crippen LogP contribution in [0.25, 0.3) is 0 Å². The second-order valence-corrected chi connectivity index (χ2v) is 14.9. The minimum absolute atomic E-state index is 0.0332. The van der Waals surface area contributed by atoms with E-state index in [0.29, 0.717) is 24.0 Å². The standard InChI is InChI=1S/C30H48O4/c1-19-20(32)7-8-21-26(19,3)10-9-22-27(21,4)12-13-29(6)23-17-25(2,18-31)11-15-30(23,24(33)34)16-14-28(22,29)5/h19,21-23,31H,7-18H2,1-6H3,(H,33,34)/t19-,21+,22-,23-,25+,26+,27-,28+,29-,30-/m0/s1. The highest BCUT2D eigenvalue weighted by atomic mass is 16.4. The van der Waals surface area contributed by atoms with Crippen LogP contribution in [-0.4, -0.2) is 28.6 Å². The lowest BCUT2D eigenvalue weighted by atomic mass is 9.30. The third-order valence-corrected chi connectivity index (χ3v) is 14.0. The molecule has 5 rings (SSSR count). The Morgan fingerprint density at radius 1 is 0.824 bits per heavy atom. The predicted molar refractivity (Wildman–Crippen MR) is 133 cm³/mol. The minimum atomic E-state index is -0.633. The second-order valence-electron chi connectivity index (χ2n) is 14.9. The van der Waals surface area contributed by atoms with Crippen LogP contribution in [0.5, 0.6) is 0 Å². The maximum absolute atomic E-state index is 12.9. The Labute approximate surface area is 206 Å². The fraction of sp³-hybridized carbons (Fsp3) is 0.933. The number of Topliss-reactive ketones (excluding diaryl/α,β-unsaturated/α-hetero) is 1. The van der Waals surface area contributed by atoms with Gasteiger partial charge < -0.3 is 10.2 Å². The average Bonchev–Trinajstić information content (AvgIpc) is 2.78. The summed E-state index contributed by atoms with van der Waals surface area (Å²) in [6, 6.07) is 0. The maximum atomic E-state index is 12.9. The molecule has 34 heavy (non-hydrogen) atoms. The quantitative estimate of drug-likeness (QED) is 0.481. The van der Waals surface area contributed by atoms with Crippen LogP contribution in [0.1, 0.15) is 112 Å². The lowest BCUT2D eigenvalue weighted by molar-refractivity contribution is -0.260. The van der Waals surface area contributed by atoms with Crippen LogP contribution in [0.2, 0.25) is 0 Å². The molecular weight excluding hydrogens is 424 g/mol. The average molecular weight is 473 g/mol. The number of carboxylic acid groups (broad SMARTS) is 1. The lowest BCUT2D eigenvalue weighted by Gasteiger charge is -2.74. The number of rotatable bonds is 2. The molecule has 192 valence electrons. The molecule has 5 aliphatic carbocycles. The fourth-order valence-corrected chi connectivity index (χ4v) is 11.3. The van der Waals surface area contributed by atoms with Crippen molar-refractivity contribution in [2.45, 2.75) is 112 Å². The number of carbonyl (C=O) groups is 2. The van der Waals surface area contributed by atoms with Crippen molar-refractivity contribution in [2.75, 3.05) is 6.61 Å². The summed E-state index contributed by atoms with van der Waals surface area (Å²) in [5, 5.41) is 20.9. The zero-order chi connectivity index (χ0) is 24.9. The maximum Gasteiger partial charge on any atom is 0.309 e. The van der Waals surface area contributed by atoms with Gasteiger partial charge in [0.25, 0.3) is 0 Å². The molecule has 0 unspecified atom stereocenters. The molecule has 10 atom stereocenters. The zero-order valence-corrected chi connectivity index (χ0v) is 22.5. The molecule has 0 spiro atoms. The monoisotopic (exact) mass is 472 g/mol. The van der Waals surface area contributed by atoms with E-state index in [9.17, 15) is 19.8 Å². The van der Waals surface area contributed by atoms with Crippen molar-refractivity contribution in [3.05, 3.63) is 0 Å². The zero-order valence-electron chi connectivity index (χ0n) is 22.5. The van der Waals surface area contributed by atoms with Crippen LogP contribution in [0, 0.1) is 56.2 Å². The summed E-state index contributed by atoms with van der Waals surface area (Å²) < 4.78 is 0. The Balaban J connectivity index is 1.57. The van der Waals surface area contributed by atoms with Gasteiger partial charge in [-0.25, -0.2) is 0 Å². The first-order valence-electron chi connectivity index (χ1n) is 14.1. The number of aliphatic carboxylic acids is 1. The molecule has 0 radical (unpaired) electrons. The third kappa shape index (κ3) is 2.81. The van der Waals surface area contributed by atoms with Gasteiger partial charge in [0.2, 0.25) is 0 Å². The van der Waals surface area contributed by atoms with Crippen molar-refractivity contribution < 1.29 is 19.8 Å². The Hall–Kier alpha value is -0.900. The topological polar surface area (TPSA) is 74.6 Å². The lowest BCUT2D eigenvalue weighted by Crippen LogP contribution is -2.69. The van der Waals surface area contributed by atoms with Crippen molar-refractivity contribution in [1.29, 1.82) is 0 Å². The molecular formula is C30H48O4. The summed E-state index contributed by atoms with van der Waals surface area (Å²) in [4.78, 5) is 25.6. The van der Waals surface area contributed by atoms with Gasteiger partial charge in [0.15, 0.2) is 0 Å². The van der Waals surface area contributed by atoms with Gasteiger partial charge in [-0.3, -0.25) is 9.59 Å². The number of hydrogen-bond acceptors (Lipinski definition) is 3. The van der Waals surface area contributed by atoms with Gasteiger partial charge >= 0.3 is 5.97 Å². The summed E-state index contributed by atoms with van der Waals surface area (Å²) in [6.45, 7) is 14.4. The van der Waals surface area contributed by atoms with Crippen molar-refractivity contribution in [2.24, 2.45) is 56.2 Å². The molecule has 0 aliphatic heterocycles. The highest BCUT2D eigenvalue weighted by Crippen LogP contribution is 2.78. The fourth-order valence-electron chi connectivity index (χ4n) is 11.3. The Kier molecular flexibility index (Phi) is 5.34. The van der Waals surface area contributed by atoms with E-state index < -0.39 is 11.4 Å². The Morgan fingerprint density at radius 2 is 1.44 bits per heavy atom. The Bertz CT molecular complexity index is 898. The molecule has 5 aliphatic rings. The van der Waals surface area contributed by atoms with Gasteiger partial charge in [-0.2, -0.15) is 0 Å². The molecule has 4 nitrogen and oxygen atoms in total. The van der Waals surface area contributed by atoms with Crippen molar-refractivity contribution >= 4 is 11.8 Å². The summed E-state index contributed by atoms with van der Waals surface area (Å²) in [5.74, 6) is 1.29. The second kappa shape index (κ2) is 7.33. The minimum Gasteiger partial charge on any atom is -0.481 e. The number of carboxylic acids is 1. The summed E-state index contributed by atoms with van der Waals surface area (Å²) in [6.07, 6.45) is 10.4. The van der Waals surface area contributed by atoms with E-state index >= 15 is 0 Å². The van der Waals surface area contributed by atoms with Gasteiger partial charge in [0, 0.05) is 18.9 Å².